The van der Waals surface area contributed by atoms with Gasteiger partial charge in [0.2, 0.25) is 3.79 Å². The van der Waals surface area contributed by atoms with Crippen LogP contribution in [0.4, 0.5) is 5.69 Å². The van der Waals surface area contributed by atoms with Crippen LogP contribution in [0.1, 0.15) is 10.4 Å². The number of hydrogen-bond acceptors (Lipinski definition) is 2. The molecule has 138 valence electrons. The molecule has 0 aliphatic heterocycles. The summed E-state index contributed by atoms with van der Waals surface area (Å²) >= 11 is 32.5. The molecule has 0 fully saturated rings. The number of hydrogen-bond donors (Lipinski definition) is 3. The molecule has 0 bridgehead atoms. The van der Waals surface area contributed by atoms with Gasteiger partial charge in [0.05, 0.1) is 10.7 Å². The molecule has 0 aliphatic rings. The van der Waals surface area contributed by atoms with Crippen LogP contribution in [0.3, 0.4) is 0 Å². The first-order valence-electron chi connectivity index (χ1n) is 7.12. The monoisotopic (exact) mass is 513 g/mol. The van der Waals surface area contributed by atoms with Crippen LogP contribution in [-0.2, 0) is 0 Å². The van der Waals surface area contributed by atoms with E-state index in [0.717, 1.165) is 4.47 Å². The van der Waals surface area contributed by atoms with E-state index in [0.29, 0.717) is 16.3 Å². The highest BCUT2D eigenvalue weighted by Gasteiger charge is 2.35. The molecule has 2 aromatic carbocycles. The average molecular weight is 516 g/mol. The Balaban J connectivity index is 2.07. The van der Waals surface area contributed by atoms with Gasteiger partial charge in [-0.25, -0.2) is 0 Å². The van der Waals surface area contributed by atoms with Gasteiger partial charge in [-0.3, -0.25) is 4.79 Å². The number of halogens is 5. The number of alkyl halides is 3. The van der Waals surface area contributed by atoms with E-state index in [9.17, 15) is 4.79 Å². The van der Waals surface area contributed by atoms with Crippen LogP contribution in [0.5, 0.6) is 0 Å². The minimum absolute atomic E-state index is 0.130. The van der Waals surface area contributed by atoms with E-state index in [2.05, 4.69) is 31.9 Å². The minimum atomic E-state index is -1.85. The normalized spacial score (nSPS) is 12.2. The first-order chi connectivity index (χ1) is 12.2. The van der Waals surface area contributed by atoms with Crippen molar-refractivity contribution in [1.29, 1.82) is 0 Å². The molecule has 0 saturated heterocycles. The Kier molecular flexibility index (Phi) is 7.82. The quantitative estimate of drug-likeness (QED) is 0.285. The maximum atomic E-state index is 12.4. The van der Waals surface area contributed by atoms with Crippen LogP contribution in [-0.4, -0.2) is 21.0 Å². The Hall–Kier alpha value is -0.760. The molecule has 3 N–H and O–H groups in total. The lowest BCUT2D eigenvalue weighted by Crippen LogP contribution is -2.56. The number of thiocarbonyl (C=S) groups is 1. The second-order valence-corrected chi connectivity index (χ2v) is 9.13. The number of amides is 1. The predicted molar refractivity (Wildman–Crippen MR) is 116 cm³/mol. The molecule has 26 heavy (non-hydrogen) atoms. The summed E-state index contributed by atoms with van der Waals surface area (Å²) in [5.74, 6) is -0.429. The highest BCUT2D eigenvalue weighted by molar-refractivity contribution is 9.10. The van der Waals surface area contributed by atoms with E-state index in [1.807, 2.05) is 0 Å². The number of anilines is 1. The summed E-state index contributed by atoms with van der Waals surface area (Å²) < 4.78 is -1.01. The highest BCUT2D eigenvalue weighted by Crippen LogP contribution is 2.29. The number of carbonyl (C=O) groups is 1. The number of benzene rings is 2. The Morgan fingerprint density at radius 1 is 1.04 bits per heavy atom. The highest BCUT2D eigenvalue weighted by atomic mass is 79.9. The molecule has 0 aromatic heterocycles. The third kappa shape index (κ3) is 6.44. The number of rotatable bonds is 4. The fourth-order valence-corrected chi connectivity index (χ4v) is 2.87. The van der Waals surface area contributed by atoms with Crippen molar-refractivity contribution >= 4 is 91.3 Å². The fourth-order valence-electron chi connectivity index (χ4n) is 1.87. The Bertz CT molecular complexity index is 799. The molecule has 0 spiro atoms. The third-order valence-corrected chi connectivity index (χ3v) is 4.84. The zero-order chi connectivity index (χ0) is 19.3. The molecule has 0 heterocycles. The van der Waals surface area contributed by atoms with Gasteiger partial charge < -0.3 is 16.0 Å². The Morgan fingerprint density at radius 2 is 1.65 bits per heavy atom. The van der Waals surface area contributed by atoms with Crippen molar-refractivity contribution in [2.75, 3.05) is 5.32 Å². The van der Waals surface area contributed by atoms with E-state index < -0.39 is 15.9 Å². The van der Waals surface area contributed by atoms with Crippen molar-refractivity contribution in [3.63, 3.8) is 0 Å². The van der Waals surface area contributed by atoms with Gasteiger partial charge >= 0.3 is 0 Å². The minimum Gasteiger partial charge on any atom is -0.339 e. The first kappa shape index (κ1) is 21.5. The molecule has 1 amide bonds. The van der Waals surface area contributed by atoms with Crippen LogP contribution >= 0.6 is 74.6 Å². The molecule has 2 aromatic rings. The Morgan fingerprint density at radius 3 is 2.23 bits per heavy atom. The topological polar surface area (TPSA) is 53.2 Å². The standard InChI is InChI=1S/C16H12BrCl4N3OS/c17-10-7-5-9(6-8-10)13(25)23-14(16(19,20)21)24-15(26)22-12-4-2-1-3-11(12)18/h1-8,14H,(H,23,25)(H2,22,24,26)/t14-/m0/s1. The van der Waals surface area contributed by atoms with Crippen molar-refractivity contribution in [3.05, 3.63) is 63.6 Å². The zero-order valence-corrected chi connectivity index (χ0v) is 18.3. The van der Waals surface area contributed by atoms with Gasteiger partial charge in [-0.1, -0.05) is 74.5 Å². The van der Waals surface area contributed by atoms with E-state index in [-0.39, 0.29) is 5.11 Å². The molecule has 10 heteroatoms. The van der Waals surface area contributed by atoms with Crippen molar-refractivity contribution < 1.29 is 4.79 Å². The van der Waals surface area contributed by atoms with Crippen LogP contribution in [0.2, 0.25) is 5.02 Å². The Labute approximate surface area is 184 Å². The second-order valence-electron chi connectivity index (χ2n) is 5.03. The first-order valence-corrected chi connectivity index (χ1v) is 9.83. The lowest BCUT2D eigenvalue weighted by Gasteiger charge is -2.28. The molecule has 2 rings (SSSR count). The van der Waals surface area contributed by atoms with Crippen molar-refractivity contribution in [2.45, 2.75) is 9.96 Å². The van der Waals surface area contributed by atoms with Gasteiger partial charge in [0, 0.05) is 10.0 Å². The maximum Gasteiger partial charge on any atom is 0.252 e. The third-order valence-electron chi connectivity index (χ3n) is 3.11. The molecular formula is C16H12BrCl4N3OS. The van der Waals surface area contributed by atoms with E-state index in [4.69, 9.17) is 58.6 Å². The summed E-state index contributed by atoms with van der Waals surface area (Å²) in [6, 6.07) is 13.7. The van der Waals surface area contributed by atoms with Crippen molar-refractivity contribution in [2.24, 2.45) is 0 Å². The van der Waals surface area contributed by atoms with E-state index in [1.54, 1.807) is 48.5 Å². The van der Waals surface area contributed by atoms with Crippen LogP contribution in [0.15, 0.2) is 53.0 Å². The molecule has 0 aliphatic carbocycles. The smallest absolute Gasteiger partial charge is 0.252 e. The lowest BCUT2D eigenvalue weighted by atomic mass is 10.2. The van der Waals surface area contributed by atoms with Gasteiger partial charge in [-0.05, 0) is 48.6 Å². The van der Waals surface area contributed by atoms with E-state index in [1.165, 1.54) is 0 Å². The second kappa shape index (κ2) is 9.44. The largest absolute Gasteiger partial charge is 0.339 e. The van der Waals surface area contributed by atoms with Gasteiger partial charge in [0.1, 0.15) is 6.17 Å². The van der Waals surface area contributed by atoms with Crippen molar-refractivity contribution in [1.82, 2.24) is 10.6 Å². The lowest BCUT2D eigenvalue weighted by molar-refractivity contribution is 0.0934. The summed E-state index contributed by atoms with van der Waals surface area (Å²) in [5, 5.41) is 8.86. The van der Waals surface area contributed by atoms with Crippen LogP contribution in [0, 0.1) is 0 Å². The predicted octanol–water partition coefficient (Wildman–Crippen LogP) is 5.52. The summed E-state index contributed by atoms with van der Waals surface area (Å²) in [6.45, 7) is 0. The number of para-hydroxylation sites is 1. The van der Waals surface area contributed by atoms with Gasteiger partial charge in [-0.15, -0.1) is 0 Å². The molecular weight excluding hydrogens is 504 g/mol. The molecule has 1 atom stereocenters. The van der Waals surface area contributed by atoms with Gasteiger partial charge in [0.15, 0.2) is 5.11 Å². The van der Waals surface area contributed by atoms with E-state index >= 15 is 0 Å². The van der Waals surface area contributed by atoms with Crippen LogP contribution < -0.4 is 16.0 Å². The van der Waals surface area contributed by atoms with Gasteiger partial charge in [0.25, 0.3) is 5.91 Å². The molecule has 4 nitrogen and oxygen atoms in total. The SMILES string of the molecule is O=C(N[C@@H](NC(=S)Nc1ccccc1Cl)C(Cl)(Cl)Cl)c1ccc(Br)cc1. The maximum absolute atomic E-state index is 12.4. The summed E-state index contributed by atoms with van der Waals surface area (Å²) in [4.78, 5) is 12.4. The molecule has 0 radical (unpaired) electrons. The number of nitrogens with one attached hydrogen (secondary N) is 3. The van der Waals surface area contributed by atoms with Crippen molar-refractivity contribution in [3.8, 4) is 0 Å². The van der Waals surface area contributed by atoms with Crippen LogP contribution in [0.25, 0.3) is 0 Å². The summed E-state index contributed by atoms with van der Waals surface area (Å²) in [7, 11) is 0. The average Bonchev–Trinajstić information content (AvgIpc) is 2.56. The van der Waals surface area contributed by atoms with Gasteiger partial charge in [-0.2, -0.15) is 0 Å². The summed E-state index contributed by atoms with van der Waals surface area (Å²) in [5.41, 5.74) is 0.980. The fraction of sp³-hybridized carbons (Fsp3) is 0.125. The summed E-state index contributed by atoms with van der Waals surface area (Å²) in [6.07, 6.45) is -1.08. The number of carbonyl (C=O) groups excluding carboxylic acids is 1. The molecule has 0 unspecified atom stereocenters. The molecule has 0 saturated carbocycles. The zero-order valence-electron chi connectivity index (χ0n) is 12.9.